The van der Waals surface area contributed by atoms with Gasteiger partial charge in [-0.15, -0.1) is 11.3 Å². The first kappa shape index (κ1) is 21.1. The van der Waals surface area contributed by atoms with Gasteiger partial charge in [0.25, 0.3) is 5.56 Å². The molecule has 5 nitrogen and oxygen atoms in total. The molecule has 8 heteroatoms. The summed E-state index contributed by atoms with van der Waals surface area (Å²) < 4.78 is 15.7. The van der Waals surface area contributed by atoms with Crippen LogP contribution in [-0.4, -0.2) is 20.7 Å². The van der Waals surface area contributed by atoms with E-state index < -0.39 is 11.1 Å². The fraction of sp³-hybridized carbons (Fsp3) is 0.409. The standard InChI is InChI=1S/C22H24FN3O2S2/c1-12-13(2)29-20-18(12)21(28)26(15-8-4-5-9-15)22(25-20)30-14(3)19(27)24-17-11-7-6-10-16(17)23/h6-7,10-11,14-15H,4-5,8-9H2,1-3H3,(H,24,27). The zero-order valence-electron chi connectivity index (χ0n) is 17.2. The van der Waals surface area contributed by atoms with E-state index in [4.69, 9.17) is 4.98 Å². The summed E-state index contributed by atoms with van der Waals surface area (Å²) in [6, 6.07) is 6.19. The van der Waals surface area contributed by atoms with Crippen molar-refractivity contribution in [1.82, 2.24) is 9.55 Å². The highest BCUT2D eigenvalue weighted by Gasteiger charge is 2.27. The second-order valence-corrected chi connectivity index (χ2v) is 10.2. The van der Waals surface area contributed by atoms with E-state index in [1.165, 1.54) is 35.2 Å². The van der Waals surface area contributed by atoms with Crippen molar-refractivity contribution in [2.75, 3.05) is 5.32 Å². The van der Waals surface area contributed by atoms with E-state index in [-0.39, 0.29) is 23.2 Å². The van der Waals surface area contributed by atoms with Crippen LogP contribution in [0.25, 0.3) is 10.2 Å². The third kappa shape index (κ3) is 3.90. The average molecular weight is 446 g/mol. The van der Waals surface area contributed by atoms with Gasteiger partial charge in [-0.25, -0.2) is 9.37 Å². The number of benzene rings is 1. The van der Waals surface area contributed by atoms with Crippen LogP contribution in [0, 0.1) is 19.7 Å². The van der Waals surface area contributed by atoms with E-state index in [0.29, 0.717) is 15.4 Å². The molecule has 0 saturated heterocycles. The van der Waals surface area contributed by atoms with Gasteiger partial charge in [-0.05, 0) is 51.3 Å². The maximum Gasteiger partial charge on any atom is 0.263 e. The van der Waals surface area contributed by atoms with Crippen molar-refractivity contribution >= 4 is 44.9 Å². The molecule has 0 bridgehead atoms. The number of thiophene rings is 1. The molecule has 30 heavy (non-hydrogen) atoms. The van der Waals surface area contributed by atoms with Crippen LogP contribution in [0.3, 0.4) is 0 Å². The molecular weight excluding hydrogens is 421 g/mol. The summed E-state index contributed by atoms with van der Waals surface area (Å²) in [6.45, 7) is 5.72. The number of nitrogens with one attached hydrogen (secondary N) is 1. The number of thioether (sulfide) groups is 1. The normalized spacial score (nSPS) is 15.6. The molecule has 2 aromatic heterocycles. The molecule has 3 aromatic rings. The van der Waals surface area contributed by atoms with Gasteiger partial charge in [0.15, 0.2) is 5.16 Å². The first-order chi connectivity index (χ1) is 14.4. The second-order valence-electron chi connectivity index (χ2n) is 7.70. The number of carbonyl (C=O) groups is 1. The summed E-state index contributed by atoms with van der Waals surface area (Å²) in [7, 11) is 0. The molecule has 0 radical (unpaired) electrons. The van der Waals surface area contributed by atoms with Crippen LogP contribution in [0.15, 0.2) is 34.2 Å². The number of rotatable bonds is 5. The highest BCUT2D eigenvalue weighted by molar-refractivity contribution is 8.00. The molecule has 0 aliphatic heterocycles. The minimum absolute atomic E-state index is 0.0158. The number of nitrogens with zero attached hydrogens (tertiary/aromatic N) is 2. The maximum atomic E-state index is 13.9. The zero-order valence-corrected chi connectivity index (χ0v) is 18.8. The van der Waals surface area contributed by atoms with Gasteiger partial charge in [-0.3, -0.25) is 14.2 Å². The molecule has 1 aromatic carbocycles. The predicted molar refractivity (Wildman–Crippen MR) is 121 cm³/mol. The van der Waals surface area contributed by atoms with Crippen molar-refractivity contribution in [3.8, 4) is 0 Å². The van der Waals surface area contributed by atoms with Crippen LogP contribution in [0.4, 0.5) is 10.1 Å². The number of carbonyl (C=O) groups excluding carboxylic acids is 1. The summed E-state index contributed by atoms with van der Waals surface area (Å²) in [4.78, 5) is 32.7. The number of hydrogen-bond donors (Lipinski definition) is 1. The lowest BCUT2D eigenvalue weighted by Gasteiger charge is -2.20. The number of anilines is 1. The molecular formula is C22H24FN3O2S2. The van der Waals surface area contributed by atoms with Gasteiger partial charge in [0.05, 0.1) is 16.3 Å². The zero-order chi connectivity index (χ0) is 21.4. The number of aromatic nitrogens is 2. The van der Waals surface area contributed by atoms with Crippen LogP contribution in [0.5, 0.6) is 0 Å². The molecule has 1 atom stereocenters. The second kappa shape index (κ2) is 8.51. The van der Waals surface area contributed by atoms with E-state index in [0.717, 1.165) is 36.1 Å². The Labute approximate surface area is 182 Å². The maximum absolute atomic E-state index is 13.9. The van der Waals surface area contributed by atoms with Gasteiger partial charge >= 0.3 is 0 Å². The quantitative estimate of drug-likeness (QED) is 0.419. The molecule has 1 aliphatic rings. The largest absolute Gasteiger partial charge is 0.323 e. The van der Waals surface area contributed by atoms with Crippen LogP contribution < -0.4 is 10.9 Å². The van der Waals surface area contributed by atoms with Crippen LogP contribution >= 0.6 is 23.1 Å². The number of fused-ring (bicyclic) bond motifs is 1. The summed E-state index contributed by atoms with van der Waals surface area (Å²) in [5.74, 6) is -0.800. The van der Waals surface area contributed by atoms with E-state index in [2.05, 4.69) is 5.32 Å². The molecule has 158 valence electrons. The molecule has 0 spiro atoms. The lowest BCUT2D eigenvalue weighted by Crippen LogP contribution is -2.29. The number of aryl methyl sites for hydroxylation is 2. The highest BCUT2D eigenvalue weighted by Crippen LogP contribution is 2.35. The van der Waals surface area contributed by atoms with Crippen molar-refractivity contribution in [1.29, 1.82) is 0 Å². The third-order valence-electron chi connectivity index (χ3n) is 5.68. The summed E-state index contributed by atoms with van der Waals surface area (Å²) in [5, 5.41) is 3.36. The number of hydrogen-bond acceptors (Lipinski definition) is 5. The highest BCUT2D eigenvalue weighted by atomic mass is 32.2. The van der Waals surface area contributed by atoms with E-state index in [1.54, 1.807) is 23.6 Å². The predicted octanol–water partition coefficient (Wildman–Crippen LogP) is 5.45. The van der Waals surface area contributed by atoms with Crippen molar-refractivity contribution in [3.63, 3.8) is 0 Å². The van der Waals surface area contributed by atoms with Gasteiger partial charge in [-0.2, -0.15) is 0 Å². The van der Waals surface area contributed by atoms with Gasteiger partial charge in [0.1, 0.15) is 10.6 Å². The lowest BCUT2D eigenvalue weighted by molar-refractivity contribution is -0.115. The van der Waals surface area contributed by atoms with Crippen molar-refractivity contribution in [2.24, 2.45) is 0 Å². The summed E-state index contributed by atoms with van der Waals surface area (Å²) in [5.41, 5.74) is 1.12. The first-order valence-corrected chi connectivity index (χ1v) is 11.8. The fourth-order valence-corrected chi connectivity index (χ4v) is 5.91. The van der Waals surface area contributed by atoms with E-state index in [1.807, 2.05) is 13.8 Å². The molecule has 1 saturated carbocycles. The minimum atomic E-state index is -0.538. The molecule has 2 heterocycles. The molecule has 1 unspecified atom stereocenters. The van der Waals surface area contributed by atoms with E-state index >= 15 is 0 Å². The first-order valence-electron chi connectivity index (χ1n) is 10.1. The smallest absolute Gasteiger partial charge is 0.263 e. The Hall–Kier alpha value is -2.19. The number of halogens is 1. The number of amides is 1. The van der Waals surface area contributed by atoms with Gasteiger partial charge < -0.3 is 5.32 Å². The van der Waals surface area contributed by atoms with Crippen molar-refractivity contribution in [2.45, 2.75) is 62.9 Å². The van der Waals surface area contributed by atoms with Crippen LogP contribution in [-0.2, 0) is 4.79 Å². The molecule has 4 rings (SSSR count). The SMILES string of the molecule is Cc1sc2nc(SC(C)C(=O)Nc3ccccc3F)n(C3CCCC3)c(=O)c2c1C. The van der Waals surface area contributed by atoms with E-state index in [9.17, 15) is 14.0 Å². The third-order valence-corrected chi connectivity index (χ3v) is 7.84. The Morgan fingerprint density at radius 2 is 2.00 bits per heavy atom. The van der Waals surface area contributed by atoms with Crippen molar-refractivity contribution in [3.05, 3.63) is 50.9 Å². The molecule has 1 N–H and O–H groups in total. The Morgan fingerprint density at radius 3 is 2.70 bits per heavy atom. The monoisotopic (exact) mass is 445 g/mol. The van der Waals surface area contributed by atoms with Crippen LogP contribution in [0.1, 0.15) is 49.1 Å². The Kier molecular flexibility index (Phi) is 5.97. The Balaban J connectivity index is 1.69. The van der Waals surface area contributed by atoms with Gasteiger partial charge in [0.2, 0.25) is 5.91 Å². The Morgan fingerprint density at radius 1 is 1.30 bits per heavy atom. The topological polar surface area (TPSA) is 64.0 Å². The number of para-hydroxylation sites is 1. The fourth-order valence-electron chi connectivity index (χ4n) is 3.86. The summed E-state index contributed by atoms with van der Waals surface area (Å²) >= 11 is 2.77. The van der Waals surface area contributed by atoms with Gasteiger partial charge in [-0.1, -0.05) is 36.7 Å². The minimum Gasteiger partial charge on any atom is -0.323 e. The Bertz CT molecular complexity index is 1170. The average Bonchev–Trinajstić information content (AvgIpc) is 3.32. The van der Waals surface area contributed by atoms with Crippen LogP contribution in [0.2, 0.25) is 0 Å². The molecule has 1 amide bonds. The molecule has 1 fully saturated rings. The molecule has 1 aliphatic carbocycles. The van der Waals surface area contributed by atoms with Gasteiger partial charge in [0, 0.05) is 10.9 Å². The summed E-state index contributed by atoms with van der Waals surface area (Å²) in [6.07, 6.45) is 4.06. The lowest BCUT2D eigenvalue weighted by atomic mass is 10.2. The van der Waals surface area contributed by atoms with Crippen molar-refractivity contribution < 1.29 is 9.18 Å².